The number of hydrogen-bond acceptors (Lipinski definition) is 2. The van der Waals surface area contributed by atoms with Crippen LogP contribution in [0, 0.1) is 17.2 Å². The van der Waals surface area contributed by atoms with Crippen LogP contribution in [0.5, 0.6) is 0 Å². The first-order valence-electron chi connectivity index (χ1n) is 5.56. The van der Waals surface area contributed by atoms with Crippen molar-refractivity contribution in [3.63, 3.8) is 0 Å². The molecule has 84 valence electrons. The molecule has 0 heterocycles. The Balaban J connectivity index is 2.08. The van der Waals surface area contributed by atoms with Gasteiger partial charge in [0.1, 0.15) is 5.54 Å². The van der Waals surface area contributed by atoms with Gasteiger partial charge in [0.15, 0.2) is 0 Å². The Morgan fingerprint density at radius 3 is 2.88 bits per heavy atom. The highest BCUT2D eigenvalue weighted by Gasteiger charge is 2.33. The summed E-state index contributed by atoms with van der Waals surface area (Å²) < 4.78 is 1.03. The van der Waals surface area contributed by atoms with E-state index in [1.807, 2.05) is 31.2 Å². The van der Waals surface area contributed by atoms with E-state index in [1.54, 1.807) is 0 Å². The van der Waals surface area contributed by atoms with E-state index in [0.717, 1.165) is 22.5 Å². The number of hydrogen-bond donors (Lipinski definition) is 1. The second-order valence-corrected chi connectivity index (χ2v) is 5.64. The minimum atomic E-state index is -0.442. The summed E-state index contributed by atoms with van der Waals surface area (Å²) in [6.45, 7) is 1.98. The summed E-state index contributed by atoms with van der Waals surface area (Å²) in [7, 11) is 0. The fourth-order valence-electron chi connectivity index (χ4n) is 1.91. The van der Waals surface area contributed by atoms with E-state index < -0.39 is 5.54 Å². The quantitative estimate of drug-likeness (QED) is 0.906. The van der Waals surface area contributed by atoms with E-state index in [-0.39, 0.29) is 0 Å². The average Bonchev–Trinajstić information content (AvgIpc) is 3.01. The SMILES string of the molecule is CC(C#N)(CC1CC1)Nc1cccc(Br)c1. The maximum atomic E-state index is 9.27. The van der Waals surface area contributed by atoms with Gasteiger partial charge in [-0.2, -0.15) is 5.26 Å². The van der Waals surface area contributed by atoms with Crippen LogP contribution in [0.4, 0.5) is 5.69 Å². The highest BCUT2D eigenvalue weighted by molar-refractivity contribution is 9.10. The number of anilines is 1. The van der Waals surface area contributed by atoms with E-state index in [0.29, 0.717) is 0 Å². The molecule has 1 aromatic rings. The topological polar surface area (TPSA) is 35.8 Å². The molecule has 1 N–H and O–H groups in total. The molecule has 1 fully saturated rings. The predicted molar refractivity (Wildman–Crippen MR) is 69.1 cm³/mol. The van der Waals surface area contributed by atoms with E-state index >= 15 is 0 Å². The Morgan fingerprint density at radius 1 is 1.56 bits per heavy atom. The number of nitrogens with one attached hydrogen (secondary N) is 1. The fourth-order valence-corrected chi connectivity index (χ4v) is 2.31. The molecular formula is C13H15BrN2. The third-order valence-electron chi connectivity index (χ3n) is 2.89. The summed E-state index contributed by atoms with van der Waals surface area (Å²) in [5, 5.41) is 12.6. The molecule has 2 rings (SSSR count). The molecule has 0 spiro atoms. The van der Waals surface area contributed by atoms with Gasteiger partial charge in [-0.25, -0.2) is 0 Å². The van der Waals surface area contributed by atoms with Gasteiger partial charge in [-0.3, -0.25) is 0 Å². The van der Waals surface area contributed by atoms with Crippen molar-refractivity contribution in [2.45, 2.75) is 31.7 Å². The molecule has 0 bridgehead atoms. The minimum Gasteiger partial charge on any atom is -0.368 e. The third kappa shape index (κ3) is 2.99. The summed E-state index contributed by atoms with van der Waals surface area (Å²) in [5.41, 5.74) is 0.557. The largest absolute Gasteiger partial charge is 0.368 e. The van der Waals surface area contributed by atoms with Crippen LogP contribution >= 0.6 is 15.9 Å². The number of benzene rings is 1. The first-order chi connectivity index (χ1) is 7.61. The highest BCUT2D eigenvalue weighted by Crippen LogP contribution is 2.37. The van der Waals surface area contributed by atoms with E-state index in [2.05, 4.69) is 27.3 Å². The maximum Gasteiger partial charge on any atom is 0.122 e. The Morgan fingerprint density at radius 2 is 2.31 bits per heavy atom. The monoisotopic (exact) mass is 278 g/mol. The third-order valence-corrected chi connectivity index (χ3v) is 3.38. The molecule has 0 radical (unpaired) electrons. The van der Waals surface area contributed by atoms with Gasteiger partial charge in [-0.05, 0) is 37.5 Å². The van der Waals surface area contributed by atoms with Crippen molar-refractivity contribution in [3.8, 4) is 6.07 Å². The Hall–Kier alpha value is -1.01. The number of nitriles is 1. The van der Waals surface area contributed by atoms with Crippen LogP contribution in [0.3, 0.4) is 0 Å². The Bertz CT molecular complexity index is 420. The molecule has 1 atom stereocenters. The van der Waals surface area contributed by atoms with Gasteiger partial charge in [0.25, 0.3) is 0 Å². The lowest BCUT2D eigenvalue weighted by atomic mass is 9.96. The molecular weight excluding hydrogens is 264 g/mol. The molecule has 0 aromatic heterocycles. The van der Waals surface area contributed by atoms with Crippen molar-refractivity contribution in [1.29, 1.82) is 5.26 Å². The molecule has 0 aliphatic heterocycles. The predicted octanol–water partition coefficient (Wildman–Crippen LogP) is 3.94. The molecule has 0 saturated heterocycles. The lowest BCUT2D eigenvalue weighted by molar-refractivity contribution is 0.544. The number of nitrogens with zero attached hydrogens (tertiary/aromatic N) is 1. The highest BCUT2D eigenvalue weighted by atomic mass is 79.9. The summed E-state index contributed by atoms with van der Waals surface area (Å²) in [4.78, 5) is 0. The number of halogens is 1. The van der Waals surface area contributed by atoms with E-state index in [9.17, 15) is 5.26 Å². The molecule has 16 heavy (non-hydrogen) atoms. The Labute approximate surface area is 105 Å². The zero-order chi connectivity index (χ0) is 11.6. The second-order valence-electron chi connectivity index (χ2n) is 4.73. The summed E-state index contributed by atoms with van der Waals surface area (Å²) >= 11 is 3.43. The standard InChI is InChI=1S/C13H15BrN2/c1-13(9-15,8-10-5-6-10)16-12-4-2-3-11(14)7-12/h2-4,7,10,16H,5-6,8H2,1H3. The van der Waals surface area contributed by atoms with Gasteiger partial charge in [0, 0.05) is 10.2 Å². The van der Waals surface area contributed by atoms with E-state index in [1.165, 1.54) is 12.8 Å². The smallest absolute Gasteiger partial charge is 0.122 e. The van der Waals surface area contributed by atoms with Crippen molar-refractivity contribution in [1.82, 2.24) is 0 Å². The van der Waals surface area contributed by atoms with Crippen LogP contribution in [-0.2, 0) is 0 Å². The van der Waals surface area contributed by atoms with Crippen LogP contribution in [0.1, 0.15) is 26.2 Å². The maximum absolute atomic E-state index is 9.27. The molecule has 0 amide bonds. The van der Waals surface area contributed by atoms with Crippen molar-refractivity contribution in [2.24, 2.45) is 5.92 Å². The zero-order valence-electron chi connectivity index (χ0n) is 9.33. The van der Waals surface area contributed by atoms with Gasteiger partial charge in [0.2, 0.25) is 0 Å². The molecule has 3 heteroatoms. The molecule has 1 saturated carbocycles. The first kappa shape index (κ1) is 11.5. The van der Waals surface area contributed by atoms with Crippen molar-refractivity contribution < 1.29 is 0 Å². The average molecular weight is 279 g/mol. The van der Waals surface area contributed by atoms with Crippen molar-refractivity contribution in [3.05, 3.63) is 28.7 Å². The van der Waals surface area contributed by atoms with Gasteiger partial charge >= 0.3 is 0 Å². The lowest BCUT2D eigenvalue weighted by Crippen LogP contribution is -2.33. The van der Waals surface area contributed by atoms with Crippen molar-refractivity contribution in [2.75, 3.05) is 5.32 Å². The van der Waals surface area contributed by atoms with Crippen LogP contribution < -0.4 is 5.32 Å². The van der Waals surface area contributed by atoms with Gasteiger partial charge < -0.3 is 5.32 Å². The van der Waals surface area contributed by atoms with Crippen molar-refractivity contribution >= 4 is 21.6 Å². The molecule has 1 unspecified atom stereocenters. The summed E-state index contributed by atoms with van der Waals surface area (Å²) in [6.07, 6.45) is 3.49. The second kappa shape index (κ2) is 4.47. The van der Waals surface area contributed by atoms with Gasteiger partial charge in [0.05, 0.1) is 6.07 Å². The fraction of sp³-hybridized carbons (Fsp3) is 0.462. The van der Waals surface area contributed by atoms with Gasteiger partial charge in [-0.1, -0.05) is 34.8 Å². The summed E-state index contributed by atoms with van der Waals surface area (Å²) in [5.74, 6) is 0.740. The zero-order valence-corrected chi connectivity index (χ0v) is 10.9. The number of rotatable bonds is 4. The lowest BCUT2D eigenvalue weighted by Gasteiger charge is -2.24. The van der Waals surface area contributed by atoms with Crippen LogP contribution in [0.2, 0.25) is 0 Å². The first-order valence-corrected chi connectivity index (χ1v) is 6.36. The molecule has 1 aliphatic rings. The Kier molecular flexibility index (Phi) is 3.20. The van der Waals surface area contributed by atoms with Crippen LogP contribution in [0.15, 0.2) is 28.7 Å². The molecule has 1 aliphatic carbocycles. The molecule has 1 aromatic carbocycles. The molecule has 2 nitrogen and oxygen atoms in total. The van der Waals surface area contributed by atoms with Gasteiger partial charge in [-0.15, -0.1) is 0 Å². The van der Waals surface area contributed by atoms with Crippen LogP contribution in [0.25, 0.3) is 0 Å². The normalized spacial score (nSPS) is 18.6. The summed E-state index contributed by atoms with van der Waals surface area (Å²) in [6, 6.07) is 10.3. The minimum absolute atomic E-state index is 0.442. The van der Waals surface area contributed by atoms with E-state index in [4.69, 9.17) is 0 Å². The van der Waals surface area contributed by atoms with Crippen LogP contribution in [-0.4, -0.2) is 5.54 Å².